The number of nitrogens with one attached hydrogen (secondary N) is 2. The Kier molecular flexibility index (Phi) is 20.5. The first-order chi connectivity index (χ1) is 45.1. The number of halogens is 2. The third-order valence-corrected chi connectivity index (χ3v) is 15.3. The standard InChI is InChI=1S/C26H26FN3O5.C25H23FN4O4.C17H20N4O4/c1-26(2)25-29-21(23(32)28-15-20(31)14-17-8-10-19(27)11-9-17)22(24(33)30(25)12-13-35-26)34-16-18-6-4-3-5-7-18;1-25(2)24-27-20(22-29-28-19(34-22)14-16-8-10-18(26)11-9-16)21(23(31)30(24)12-13-33-25)32-15-17-6-4-3-5-7-17;1-17(2)16-19-12(14(22)20-18)13(15(23)21(16)8-9-25-17)24-10-11-6-4-3-5-7-11/h3-11H,12-16H2,1-2H3,(H,28,32);3-11H,12-15H2,1-2H3;3-7H,8-10,18H2,1-2H3,(H,20,22). The molecule has 0 aliphatic carbocycles. The molecule has 0 saturated carbocycles. The Morgan fingerprint density at radius 1 is 0.511 bits per heavy atom. The van der Waals surface area contributed by atoms with Crippen molar-refractivity contribution >= 4 is 17.6 Å². The van der Waals surface area contributed by atoms with Crippen LogP contribution in [0.1, 0.15) is 114 Å². The number of aromatic nitrogens is 8. The van der Waals surface area contributed by atoms with Crippen molar-refractivity contribution in [3.63, 3.8) is 0 Å². The smallest absolute Gasteiger partial charge is 0.296 e. The lowest BCUT2D eigenvalue weighted by molar-refractivity contribution is -0.117. The minimum atomic E-state index is -0.886. The summed E-state index contributed by atoms with van der Waals surface area (Å²) >= 11 is 0. The fourth-order valence-electron chi connectivity index (χ4n) is 10.4. The zero-order valence-electron chi connectivity index (χ0n) is 52.5. The summed E-state index contributed by atoms with van der Waals surface area (Å²) in [6.07, 6.45) is 0.338. The van der Waals surface area contributed by atoms with Crippen LogP contribution in [0.15, 0.2) is 158 Å². The lowest BCUT2D eigenvalue weighted by Crippen LogP contribution is -2.43. The van der Waals surface area contributed by atoms with E-state index in [0.717, 1.165) is 22.3 Å². The van der Waals surface area contributed by atoms with Gasteiger partial charge in [-0.25, -0.2) is 29.6 Å². The van der Waals surface area contributed by atoms with Gasteiger partial charge >= 0.3 is 0 Å². The van der Waals surface area contributed by atoms with Crippen molar-refractivity contribution in [2.45, 2.75) is 111 Å². The molecule has 3 aliphatic rings. The lowest BCUT2D eigenvalue weighted by atomic mass is 10.1. The molecule has 5 aromatic carbocycles. The molecule has 0 unspecified atom stereocenters. The van der Waals surface area contributed by atoms with Gasteiger partial charge in [0.15, 0.2) is 22.9 Å². The summed E-state index contributed by atoms with van der Waals surface area (Å²) in [5.41, 5.74) is 2.17. The summed E-state index contributed by atoms with van der Waals surface area (Å²) in [6.45, 7) is 13.0. The Hall–Kier alpha value is -10.4. The number of nitrogens with two attached hydrogens (primary N) is 1. The average Bonchev–Trinajstić information content (AvgIpc) is 0.944. The topological polar surface area (TPSA) is 300 Å². The Balaban J connectivity index is 0.000000156. The minimum Gasteiger partial charge on any atom is -0.481 e. The molecule has 7 heterocycles. The zero-order chi connectivity index (χ0) is 66.7. The van der Waals surface area contributed by atoms with Crippen molar-refractivity contribution in [2.75, 3.05) is 26.4 Å². The molecule has 488 valence electrons. The van der Waals surface area contributed by atoms with Crippen LogP contribution < -0.4 is 47.5 Å². The third-order valence-electron chi connectivity index (χ3n) is 15.3. The van der Waals surface area contributed by atoms with Crippen molar-refractivity contribution in [3.05, 3.63) is 245 Å². The highest BCUT2D eigenvalue weighted by molar-refractivity contribution is 5.97. The number of hydrogen-bond donors (Lipinski definition) is 3. The zero-order valence-corrected chi connectivity index (χ0v) is 52.5. The van der Waals surface area contributed by atoms with E-state index in [-0.39, 0.29) is 96.7 Å². The van der Waals surface area contributed by atoms with Gasteiger partial charge in [-0.2, -0.15) is 0 Å². The van der Waals surface area contributed by atoms with E-state index in [4.69, 9.17) is 43.7 Å². The van der Waals surface area contributed by atoms with Gasteiger partial charge in [-0.15, -0.1) is 10.2 Å². The first-order valence-corrected chi connectivity index (χ1v) is 30.1. The Morgan fingerprint density at radius 3 is 1.34 bits per heavy atom. The van der Waals surface area contributed by atoms with E-state index in [1.54, 1.807) is 44.4 Å². The van der Waals surface area contributed by atoms with Gasteiger partial charge in [0.2, 0.25) is 23.1 Å². The average molecular weight is 1290 g/mol. The summed E-state index contributed by atoms with van der Waals surface area (Å²) in [7, 11) is 0. The molecule has 0 bridgehead atoms. The molecule has 2 amide bonds. The van der Waals surface area contributed by atoms with Crippen molar-refractivity contribution in [2.24, 2.45) is 5.84 Å². The van der Waals surface area contributed by atoms with Gasteiger partial charge in [-0.05, 0) is 93.6 Å². The SMILES string of the molecule is CC1(C)OCCn2c1nc(-c1nnc(Cc3ccc(F)cc3)o1)c(OCc1ccccc1)c2=O.CC1(C)OCCn2c1nc(C(=O)NCC(=O)Cc1ccc(F)cc1)c(OCc1ccccc1)c2=O.CC1(C)OCCn2c1nc(C(=O)NN)c(OCc1ccccc1)c2=O. The predicted octanol–water partition coefficient (Wildman–Crippen LogP) is 7.33. The van der Waals surface area contributed by atoms with Gasteiger partial charge in [0.1, 0.15) is 65.7 Å². The number of Topliss-reactive ketones (excluding diaryl/α,β-unsaturated/α-hetero) is 1. The van der Waals surface area contributed by atoms with E-state index in [1.807, 2.05) is 110 Å². The number of nitrogens with zero attached hydrogens (tertiary/aromatic N) is 8. The van der Waals surface area contributed by atoms with Crippen molar-refractivity contribution in [1.29, 1.82) is 0 Å². The molecule has 4 N–H and O–H groups in total. The van der Waals surface area contributed by atoms with Crippen molar-refractivity contribution in [1.82, 2.24) is 49.6 Å². The molecular formula is C68H69F2N11O13. The fraction of sp³-hybridized carbons (Fsp3) is 0.309. The highest BCUT2D eigenvalue weighted by atomic mass is 19.1. The number of ketones is 1. The second-order valence-electron chi connectivity index (χ2n) is 23.4. The van der Waals surface area contributed by atoms with Crippen LogP contribution in [-0.4, -0.2) is 82.8 Å². The number of hydrazine groups is 1. The van der Waals surface area contributed by atoms with Gasteiger partial charge < -0.3 is 38.2 Å². The van der Waals surface area contributed by atoms with Crippen LogP contribution >= 0.6 is 0 Å². The summed E-state index contributed by atoms with van der Waals surface area (Å²) in [5.74, 6) is 4.11. The molecule has 0 saturated heterocycles. The van der Waals surface area contributed by atoms with Gasteiger partial charge in [0.25, 0.3) is 34.4 Å². The maximum absolute atomic E-state index is 13.5. The summed E-state index contributed by atoms with van der Waals surface area (Å²) < 4.78 is 71.4. The minimum absolute atomic E-state index is 0.0269. The number of amides is 2. The highest BCUT2D eigenvalue weighted by Crippen LogP contribution is 2.34. The highest BCUT2D eigenvalue weighted by Gasteiger charge is 2.38. The third kappa shape index (κ3) is 15.7. The molecule has 12 rings (SSSR count). The largest absolute Gasteiger partial charge is 0.481 e. The number of nitrogen functional groups attached to an aromatic ring is 1. The first-order valence-electron chi connectivity index (χ1n) is 30.1. The number of rotatable bonds is 18. The van der Waals surface area contributed by atoms with Crippen LogP contribution in [-0.2, 0) is 88.1 Å². The van der Waals surface area contributed by atoms with Crippen LogP contribution in [0.3, 0.4) is 0 Å². The molecule has 94 heavy (non-hydrogen) atoms. The van der Waals surface area contributed by atoms with Crippen LogP contribution in [0.25, 0.3) is 11.6 Å². The van der Waals surface area contributed by atoms with Gasteiger partial charge in [0, 0.05) is 6.42 Å². The van der Waals surface area contributed by atoms with Crippen LogP contribution in [0.5, 0.6) is 17.2 Å². The molecule has 3 aliphatic heterocycles. The van der Waals surface area contributed by atoms with Crippen molar-refractivity contribution < 1.29 is 56.0 Å². The van der Waals surface area contributed by atoms with E-state index in [1.165, 1.54) is 45.5 Å². The van der Waals surface area contributed by atoms with Gasteiger partial charge in [-0.3, -0.25) is 47.9 Å². The number of carbonyl (C=O) groups excluding carboxylic acids is 3. The normalized spacial score (nSPS) is 14.6. The first kappa shape index (κ1) is 66.5. The number of benzene rings is 5. The van der Waals surface area contributed by atoms with Crippen LogP contribution in [0.2, 0.25) is 0 Å². The molecule has 4 aromatic heterocycles. The van der Waals surface area contributed by atoms with E-state index in [9.17, 15) is 37.5 Å². The fourth-order valence-corrected chi connectivity index (χ4v) is 10.4. The summed E-state index contributed by atoms with van der Waals surface area (Å²) in [6, 6.07) is 39.7. The van der Waals surface area contributed by atoms with Crippen LogP contribution in [0.4, 0.5) is 8.78 Å². The molecular weight excluding hydrogens is 1220 g/mol. The predicted molar refractivity (Wildman–Crippen MR) is 336 cm³/mol. The second kappa shape index (κ2) is 29.0. The number of carbonyl (C=O) groups is 3. The number of fused-ring (bicyclic) bond motifs is 3. The van der Waals surface area contributed by atoms with E-state index < -0.39 is 45.6 Å². The monoisotopic (exact) mass is 1290 g/mol. The second-order valence-corrected chi connectivity index (χ2v) is 23.4. The maximum atomic E-state index is 13.5. The lowest BCUT2D eigenvalue weighted by Gasteiger charge is -2.32. The maximum Gasteiger partial charge on any atom is 0.296 e. The van der Waals surface area contributed by atoms with E-state index >= 15 is 0 Å². The molecule has 24 nitrogen and oxygen atoms in total. The molecule has 26 heteroatoms. The molecule has 9 aromatic rings. The van der Waals surface area contributed by atoms with Crippen LogP contribution in [0, 0.1) is 11.6 Å². The quantitative estimate of drug-likeness (QED) is 0.0430. The summed E-state index contributed by atoms with van der Waals surface area (Å²) in [4.78, 5) is 90.8. The Morgan fingerprint density at radius 2 is 0.904 bits per heavy atom. The Bertz CT molecular complexity index is 4370. The van der Waals surface area contributed by atoms with Gasteiger partial charge in [-0.1, -0.05) is 115 Å². The Labute approximate surface area is 537 Å². The summed E-state index contributed by atoms with van der Waals surface area (Å²) in [5, 5.41) is 10.8. The molecule has 0 spiro atoms. The van der Waals surface area contributed by atoms with Crippen molar-refractivity contribution in [3.8, 4) is 28.8 Å². The number of hydrogen-bond acceptors (Lipinski definition) is 19. The molecule has 0 fully saturated rings. The van der Waals surface area contributed by atoms with E-state index in [0.29, 0.717) is 68.3 Å². The molecule has 0 atom stereocenters. The van der Waals surface area contributed by atoms with E-state index in [2.05, 4.69) is 25.5 Å². The molecule has 0 radical (unpaired) electrons. The van der Waals surface area contributed by atoms with Gasteiger partial charge in [0.05, 0.1) is 52.4 Å². The number of ether oxygens (including phenoxy) is 6.